The lowest BCUT2D eigenvalue weighted by molar-refractivity contribution is -0.0506. The molecule has 0 heterocycles. The summed E-state index contributed by atoms with van der Waals surface area (Å²) in [5.41, 5.74) is -10.9. The maximum absolute atomic E-state index is 13.4. The van der Waals surface area contributed by atoms with Crippen molar-refractivity contribution in [3.05, 3.63) is 34.4 Å². The number of hydrogen-bond acceptors (Lipinski definition) is 4. The average Bonchev–Trinajstić information content (AvgIpc) is 2.70. The second kappa shape index (κ2) is 7.17. The number of alkyl halides is 6. The molecular formula is C22H26F6N2O4S2. The van der Waals surface area contributed by atoms with Crippen LogP contribution in [0.3, 0.4) is 0 Å². The molecule has 202 valence electrons. The zero-order valence-electron chi connectivity index (χ0n) is 19.8. The number of halogens is 6. The Morgan fingerprint density at radius 2 is 1.00 bits per heavy atom. The van der Waals surface area contributed by atoms with Gasteiger partial charge in [-0.2, -0.15) is 35.8 Å². The first-order valence-electron chi connectivity index (χ1n) is 11.5. The van der Waals surface area contributed by atoms with Gasteiger partial charge in [-0.15, -0.1) is 0 Å². The topological polar surface area (TPSA) is 92.3 Å². The van der Waals surface area contributed by atoms with Gasteiger partial charge < -0.3 is 0 Å². The molecule has 14 heteroatoms. The normalized spacial score (nSPS) is 34.2. The Bertz CT molecular complexity index is 1250. The molecule has 6 aliphatic carbocycles. The van der Waals surface area contributed by atoms with E-state index in [4.69, 9.17) is 0 Å². The van der Waals surface area contributed by atoms with Crippen LogP contribution in [0.2, 0.25) is 0 Å². The minimum Gasteiger partial charge on any atom is -0.203 e. The first-order chi connectivity index (χ1) is 16.1. The molecule has 0 radical (unpaired) electrons. The van der Waals surface area contributed by atoms with Gasteiger partial charge in [0.1, 0.15) is 0 Å². The molecule has 0 unspecified atom stereocenters. The summed E-state index contributed by atoms with van der Waals surface area (Å²) in [4.78, 5) is 0. The highest BCUT2D eigenvalue weighted by Crippen LogP contribution is 2.71. The Kier molecular flexibility index (Phi) is 5.23. The van der Waals surface area contributed by atoms with Crippen molar-refractivity contribution in [2.24, 2.45) is 22.7 Å². The lowest BCUT2D eigenvalue weighted by atomic mass is 9.42. The number of rotatable bonds is 4. The summed E-state index contributed by atoms with van der Waals surface area (Å²) < 4.78 is 133. The van der Waals surface area contributed by atoms with E-state index in [1.54, 1.807) is 21.6 Å². The van der Waals surface area contributed by atoms with Crippen molar-refractivity contribution in [2.75, 3.05) is 0 Å². The number of hydrogen-bond donors (Lipinski definition) is 2. The standard InChI is InChI=1S/C22H26F6N2O4S2/c1-19(2)11-7-13(19)17(29-35(31,32)21(23,24)25)15-9(11)5-6-10-12-8-14(20(12,3)4)18(16(10)15)30-36(33,34)22(26,27)28/h5-6,11-14,17-18,29-30H,7-8H2,1-4H3/t11-,12-,13+,14+,17+,18+/m1/s1. The number of sulfonamides is 2. The Morgan fingerprint density at radius 1 is 0.694 bits per heavy atom. The molecule has 7 rings (SSSR count). The van der Waals surface area contributed by atoms with Gasteiger partial charge in [0.25, 0.3) is 0 Å². The average molecular weight is 561 g/mol. The van der Waals surface area contributed by atoms with Crippen molar-refractivity contribution in [2.45, 2.75) is 75.5 Å². The third-order valence-electron chi connectivity index (χ3n) is 9.39. The van der Waals surface area contributed by atoms with Gasteiger partial charge in [0.05, 0.1) is 12.1 Å². The number of benzene rings is 1. The Hall–Kier alpha value is -1.38. The molecule has 4 bridgehead atoms. The smallest absolute Gasteiger partial charge is 0.203 e. The van der Waals surface area contributed by atoms with Crippen LogP contribution in [0.15, 0.2) is 12.1 Å². The largest absolute Gasteiger partial charge is 0.511 e. The maximum atomic E-state index is 13.4. The molecule has 0 aliphatic heterocycles. The molecule has 0 amide bonds. The van der Waals surface area contributed by atoms with Crippen LogP contribution in [-0.2, 0) is 20.0 Å². The van der Waals surface area contributed by atoms with Gasteiger partial charge >= 0.3 is 31.1 Å². The predicted octanol–water partition coefficient (Wildman–Crippen LogP) is 4.93. The molecule has 0 saturated heterocycles. The van der Waals surface area contributed by atoms with Crippen molar-refractivity contribution in [3.8, 4) is 0 Å². The van der Waals surface area contributed by atoms with Gasteiger partial charge in [-0.1, -0.05) is 39.8 Å². The van der Waals surface area contributed by atoms with Crippen LogP contribution in [0.4, 0.5) is 26.3 Å². The van der Waals surface area contributed by atoms with E-state index in [-0.39, 0.29) is 23.0 Å². The van der Waals surface area contributed by atoms with Crippen LogP contribution in [0.25, 0.3) is 0 Å². The van der Waals surface area contributed by atoms with Gasteiger partial charge in [-0.05, 0) is 69.6 Å². The molecule has 1 aromatic carbocycles. The van der Waals surface area contributed by atoms with E-state index < -0.39 is 65.8 Å². The quantitative estimate of drug-likeness (QED) is 0.511. The molecular weight excluding hydrogens is 534 g/mol. The van der Waals surface area contributed by atoms with Crippen molar-refractivity contribution >= 4 is 20.0 Å². The van der Waals surface area contributed by atoms with Gasteiger partial charge in [-0.25, -0.2) is 16.8 Å². The van der Waals surface area contributed by atoms with Gasteiger partial charge in [0.15, 0.2) is 0 Å². The molecule has 1 aromatic rings. The van der Waals surface area contributed by atoms with E-state index in [9.17, 15) is 43.2 Å². The lowest BCUT2D eigenvalue weighted by Crippen LogP contribution is -2.59. The van der Waals surface area contributed by atoms with E-state index in [2.05, 4.69) is 0 Å². The second-order valence-electron chi connectivity index (χ2n) is 11.6. The fraction of sp³-hybridized carbons (Fsp3) is 0.727. The second-order valence-corrected chi connectivity index (χ2v) is 15.0. The Morgan fingerprint density at radius 3 is 1.25 bits per heavy atom. The minimum absolute atomic E-state index is 0.152. The fourth-order valence-electron chi connectivity index (χ4n) is 7.23. The van der Waals surface area contributed by atoms with Crippen molar-refractivity contribution in [1.82, 2.24) is 9.44 Å². The van der Waals surface area contributed by atoms with Crippen LogP contribution in [0.5, 0.6) is 0 Å². The highest BCUT2D eigenvalue weighted by molar-refractivity contribution is 7.90. The van der Waals surface area contributed by atoms with E-state index >= 15 is 0 Å². The summed E-state index contributed by atoms with van der Waals surface area (Å²) >= 11 is 0. The first-order valence-corrected chi connectivity index (χ1v) is 14.4. The summed E-state index contributed by atoms with van der Waals surface area (Å²) in [6.45, 7) is 7.25. The molecule has 6 atom stereocenters. The van der Waals surface area contributed by atoms with Crippen LogP contribution < -0.4 is 9.44 Å². The third kappa shape index (κ3) is 3.29. The Balaban J connectivity index is 1.73. The summed E-state index contributed by atoms with van der Waals surface area (Å²) in [7, 11) is -11.6. The zero-order chi connectivity index (χ0) is 27.0. The zero-order valence-corrected chi connectivity index (χ0v) is 21.4. The van der Waals surface area contributed by atoms with Crippen LogP contribution in [0, 0.1) is 22.7 Å². The van der Waals surface area contributed by atoms with Gasteiger partial charge in [0.2, 0.25) is 0 Å². The van der Waals surface area contributed by atoms with Crippen molar-refractivity contribution in [1.29, 1.82) is 0 Å². The van der Waals surface area contributed by atoms with E-state index in [0.29, 0.717) is 24.0 Å². The summed E-state index contributed by atoms with van der Waals surface area (Å²) in [5, 5.41) is 0. The SMILES string of the molecule is CC1(C)[C@@H]2C[C@H]1[C@H](NS(=O)(=O)C(F)(F)F)c1c2ccc2c1[C@@H](NS(=O)(=O)C(F)(F)F)[C@@H]1C[C@H]2C1(C)C. The van der Waals surface area contributed by atoms with Crippen LogP contribution in [-0.4, -0.2) is 27.9 Å². The molecule has 36 heavy (non-hydrogen) atoms. The maximum Gasteiger partial charge on any atom is 0.511 e. The van der Waals surface area contributed by atoms with E-state index in [1.807, 2.05) is 27.7 Å². The third-order valence-corrected chi connectivity index (χ3v) is 11.7. The molecule has 2 N–H and O–H groups in total. The molecule has 2 saturated carbocycles. The van der Waals surface area contributed by atoms with Crippen molar-refractivity contribution < 1.29 is 43.2 Å². The van der Waals surface area contributed by atoms with E-state index in [1.165, 1.54) is 0 Å². The summed E-state index contributed by atoms with van der Waals surface area (Å²) in [6.07, 6.45) is 0.808. The van der Waals surface area contributed by atoms with Crippen molar-refractivity contribution in [3.63, 3.8) is 0 Å². The lowest BCUT2D eigenvalue weighted by Gasteiger charge is -2.64. The fourth-order valence-corrected chi connectivity index (χ4v) is 8.73. The van der Waals surface area contributed by atoms with Crippen LogP contribution in [0.1, 0.15) is 86.7 Å². The number of nitrogens with one attached hydrogen (secondary N) is 2. The highest BCUT2D eigenvalue weighted by atomic mass is 32.2. The van der Waals surface area contributed by atoms with Crippen LogP contribution >= 0.6 is 0 Å². The molecule has 2 fully saturated rings. The molecule has 0 aromatic heterocycles. The Labute approximate surface area is 205 Å². The predicted molar refractivity (Wildman–Crippen MR) is 117 cm³/mol. The minimum atomic E-state index is -5.79. The summed E-state index contributed by atoms with van der Waals surface area (Å²) in [6, 6.07) is 0.712. The molecule has 6 nitrogen and oxygen atoms in total. The van der Waals surface area contributed by atoms with E-state index in [0.717, 1.165) is 0 Å². The van der Waals surface area contributed by atoms with Gasteiger partial charge in [-0.3, -0.25) is 0 Å². The molecule has 0 spiro atoms. The first kappa shape index (κ1) is 26.2. The molecule has 6 aliphatic rings. The highest BCUT2D eigenvalue weighted by Gasteiger charge is 2.64. The monoisotopic (exact) mass is 560 g/mol. The summed E-state index contributed by atoms with van der Waals surface area (Å²) in [5.74, 6) is -1.41. The van der Waals surface area contributed by atoms with Gasteiger partial charge in [0, 0.05) is 0 Å².